The third-order valence-electron chi connectivity index (χ3n) is 2.44. The van der Waals surface area contributed by atoms with Gasteiger partial charge in [-0.05, 0) is 32.7 Å². The molecule has 1 N–H and O–H groups in total. The molecule has 0 spiro atoms. The predicted molar refractivity (Wildman–Crippen MR) is 76.6 cm³/mol. The molecule has 0 atom stereocenters. The van der Waals surface area contributed by atoms with Gasteiger partial charge in [0.2, 0.25) is 0 Å². The van der Waals surface area contributed by atoms with E-state index in [0.29, 0.717) is 0 Å². The first-order valence-corrected chi connectivity index (χ1v) is 16.3. The zero-order chi connectivity index (χ0) is 14.2. The third-order valence-corrected chi connectivity index (χ3v) is 18.0. The van der Waals surface area contributed by atoms with Crippen LogP contribution in [0.1, 0.15) is 0 Å². The molecule has 108 valence electrons. The van der Waals surface area contributed by atoms with Gasteiger partial charge in [0, 0.05) is 13.7 Å². The average Bonchev–Trinajstić information content (AvgIpc) is 2.11. The SMILES string of the molecule is CO[Si]1(C)O[Si](C)(C)O[Si](C)(CO)O[Si](C)(C)O1. The minimum atomic E-state index is -2.73. The molecule has 1 aliphatic rings. The highest BCUT2D eigenvalue weighted by Crippen LogP contribution is 2.30. The summed E-state index contributed by atoms with van der Waals surface area (Å²) in [5.74, 6) is 0. The molecule has 10 heteroatoms. The van der Waals surface area contributed by atoms with E-state index < -0.39 is 34.5 Å². The Labute approximate surface area is 113 Å². The van der Waals surface area contributed by atoms with E-state index in [9.17, 15) is 5.11 Å². The second kappa shape index (κ2) is 5.20. The molecule has 1 heterocycles. The molecule has 0 aromatic heterocycles. The van der Waals surface area contributed by atoms with Crippen molar-refractivity contribution in [2.75, 3.05) is 13.3 Å². The van der Waals surface area contributed by atoms with Crippen LogP contribution in [0.5, 0.6) is 0 Å². The number of rotatable bonds is 2. The summed E-state index contributed by atoms with van der Waals surface area (Å²) in [5, 5.41) is 9.54. The number of aliphatic hydroxyl groups is 1. The molecule has 1 aliphatic heterocycles. The first-order chi connectivity index (χ1) is 7.95. The van der Waals surface area contributed by atoms with Crippen LogP contribution in [-0.2, 0) is 20.9 Å². The molecule has 0 aromatic rings. The molecule has 18 heavy (non-hydrogen) atoms. The topological polar surface area (TPSA) is 66.4 Å². The standard InChI is InChI=1S/C8H24O6Si4/c1-10-18(7)13-15(2,3)11-17(6,8-9)12-16(4,5)14-18/h9H,8H2,1-7H3. The monoisotopic (exact) mass is 328 g/mol. The Morgan fingerprint density at radius 1 is 0.833 bits per heavy atom. The normalized spacial score (nSPS) is 40.0. The molecule has 0 amide bonds. The summed E-state index contributed by atoms with van der Waals surface area (Å²) in [5.41, 5.74) is 0. The number of hydrogen-bond donors (Lipinski definition) is 1. The summed E-state index contributed by atoms with van der Waals surface area (Å²) in [6.45, 7) is 11.4. The predicted octanol–water partition coefficient (Wildman–Crippen LogP) is 1.29. The van der Waals surface area contributed by atoms with Crippen molar-refractivity contribution in [3.05, 3.63) is 0 Å². The van der Waals surface area contributed by atoms with Gasteiger partial charge >= 0.3 is 34.5 Å². The Hall–Kier alpha value is 0.628. The lowest BCUT2D eigenvalue weighted by Gasteiger charge is -2.46. The van der Waals surface area contributed by atoms with Crippen molar-refractivity contribution in [2.24, 2.45) is 0 Å². The maximum absolute atomic E-state index is 9.54. The van der Waals surface area contributed by atoms with Crippen molar-refractivity contribution >= 4 is 34.5 Å². The highest BCUT2D eigenvalue weighted by atomic mass is 28.5. The Morgan fingerprint density at radius 2 is 1.22 bits per heavy atom. The van der Waals surface area contributed by atoms with Crippen LogP contribution in [0.4, 0.5) is 0 Å². The lowest BCUT2D eigenvalue weighted by atomic mass is 11.7. The minimum absolute atomic E-state index is 0.0994. The van der Waals surface area contributed by atoms with Crippen LogP contribution in [0.15, 0.2) is 0 Å². The van der Waals surface area contributed by atoms with Crippen molar-refractivity contribution in [3.63, 3.8) is 0 Å². The fraction of sp³-hybridized carbons (Fsp3) is 1.00. The van der Waals surface area contributed by atoms with Gasteiger partial charge in [0.25, 0.3) is 0 Å². The minimum Gasteiger partial charge on any atom is -0.414 e. The molecule has 1 fully saturated rings. The second-order valence-electron chi connectivity index (χ2n) is 5.57. The molecular weight excluding hydrogens is 304 g/mol. The van der Waals surface area contributed by atoms with Gasteiger partial charge in [0.1, 0.15) is 0 Å². The first kappa shape index (κ1) is 16.7. The average molecular weight is 329 g/mol. The Bertz CT molecular complexity index is 264. The van der Waals surface area contributed by atoms with Gasteiger partial charge in [-0.25, -0.2) is 0 Å². The summed E-state index contributed by atoms with van der Waals surface area (Å²) < 4.78 is 29.6. The molecule has 6 nitrogen and oxygen atoms in total. The van der Waals surface area contributed by atoms with E-state index in [0.717, 1.165) is 0 Å². The van der Waals surface area contributed by atoms with E-state index in [4.69, 9.17) is 20.9 Å². The molecule has 1 saturated heterocycles. The highest BCUT2D eigenvalue weighted by Gasteiger charge is 2.55. The fourth-order valence-corrected chi connectivity index (χ4v) is 21.0. The summed E-state index contributed by atoms with van der Waals surface area (Å²) in [6.07, 6.45) is -0.0994. The van der Waals surface area contributed by atoms with E-state index in [1.165, 1.54) is 0 Å². The fourth-order valence-electron chi connectivity index (χ4n) is 2.16. The molecule has 0 unspecified atom stereocenters. The maximum atomic E-state index is 9.54. The third kappa shape index (κ3) is 4.33. The van der Waals surface area contributed by atoms with Crippen molar-refractivity contribution in [1.29, 1.82) is 0 Å². The van der Waals surface area contributed by atoms with Crippen LogP contribution < -0.4 is 0 Å². The summed E-state index contributed by atoms with van der Waals surface area (Å²) in [4.78, 5) is 0. The molecule has 0 aromatic carbocycles. The quantitative estimate of drug-likeness (QED) is 0.771. The highest BCUT2D eigenvalue weighted by molar-refractivity contribution is 6.91. The second-order valence-corrected chi connectivity index (χ2v) is 19.1. The molecular formula is C8H24O6Si4. The molecule has 0 aliphatic carbocycles. The van der Waals surface area contributed by atoms with Crippen LogP contribution in [0.2, 0.25) is 39.3 Å². The van der Waals surface area contributed by atoms with E-state index >= 15 is 0 Å². The van der Waals surface area contributed by atoms with Gasteiger partial charge in [-0.2, -0.15) is 0 Å². The molecule has 1 rings (SSSR count). The van der Waals surface area contributed by atoms with Crippen LogP contribution in [0, 0.1) is 0 Å². The van der Waals surface area contributed by atoms with Crippen molar-refractivity contribution in [3.8, 4) is 0 Å². The molecule has 0 saturated carbocycles. The largest absolute Gasteiger partial charge is 0.479 e. The van der Waals surface area contributed by atoms with E-state index in [2.05, 4.69) is 0 Å². The molecule has 0 bridgehead atoms. The first-order valence-electron chi connectivity index (χ1n) is 5.92. The summed E-state index contributed by atoms with van der Waals surface area (Å²) >= 11 is 0. The van der Waals surface area contributed by atoms with Crippen molar-refractivity contribution in [1.82, 2.24) is 0 Å². The summed E-state index contributed by atoms with van der Waals surface area (Å²) in [6, 6.07) is 0. The Morgan fingerprint density at radius 3 is 1.50 bits per heavy atom. The van der Waals surface area contributed by atoms with Crippen LogP contribution in [0.25, 0.3) is 0 Å². The summed E-state index contributed by atoms with van der Waals surface area (Å²) in [7, 11) is -8.66. The van der Waals surface area contributed by atoms with E-state index in [1.807, 2.05) is 39.3 Å². The van der Waals surface area contributed by atoms with Crippen LogP contribution in [0.3, 0.4) is 0 Å². The van der Waals surface area contributed by atoms with E-state index in [-0.39, 0.29) is 6.23 Å². The van der Waals surface area contributed by atoms with Gasteiger partial charge in [-0.15, -0.1) is 0 Å². The zero-order valence-electron chi connectivity index (χ0n) is 12.2. The zero-order valence-corrected chi connectivity index (χ0v) is 16.2. The van der Waals surface area contributed by atoms with Crippen molar-refractivity contribution in [2.45, 2.75) is 39.3 Å². The van der Waals surface area contributed by atoms with Crippen LogP contribution >= 0.6 is 0 Å². The lowest BCUT2D eigenvalue weighted by molar-refractivity contribution is 0.144. The van der Waals surface area contributed by atoms with Crippen LogP contribution in [-0.4, -0.2) is 52.9 Å². The van der Waals surface area contributed by atoms with Gasteiger partial charge in [0.05, 0.1) is 6.23 Å². The Kier molecular flexibility index (Phi) is 4.81. The van der Waals surface area contributed by atoms with Gasteiger partial charge in [-0.1, -0.05) is 0 Å². The van der Waals surface area contributed by atoms with Crippen molar-refractivity contribution < 1.29 is 26.0 Å². The van der Waals surface area contributed by atoms with E-state index in [1.54, 1.807) is 7.11 Å². The maximum Gasteiger partial charge on any atom is 0.479 e. The van der Waals surface area contributed by atoms with Gasteiger partial charge < -0.3 is 26.0 Å². The Balaban J connectivity index is 3.06. The van der Waals surface area contributed by atoms with Gasteiger partial charge in [0.15, 0.2) is 0 Å². The van der Waals surface area contributed by atoms with Gasteiger partial charge in [-0.3, -0.25) is 0 Å². The number of aliphatic hydroxyl groups excluding tert-OH is 1. The number of hydrogen-bond acceptors (Lipinski definition) is 6. The smallest absolute Gasteiger partial charge is 0.414 e. The molecule has 0 radical (unpaired) electrons. The lowest BCUT2D eigenvalue weighted by Crippen LogP contribution is -2.67.